The van der Waals surface area contributed by atoms with Crippen LogP contribution in [0.5, 0.6) is 0 Å². The highest BCUT2D eigenvalue weighted by Crippen LogP contribution is 2.09. The van der Waals surface area contributed by atoms with Gasteiger partial charge in [-0.3, -0.25) is 4.79 Å². The zero-order valence-electron chi connectivity index (χ0n) is 9.79. The molecule has 0 aromatic heterocycles. The zero-order chi connectivity index (χ0) is 11.6. The van der Waals surface area contributed by atoms with Crippen LogP contribution in [0.25, 0.3) is 0 Å². The van der Waals surface area contributed by atoms with E-state index in [0.29, 0.717) is 0 Å². The zero-order valence-corrected chi connectivity index (χ0v) is 9.79. The van der Waals surface area contributed by atoms with Crippen molar-refractivity contribution in [2.75, 3.05) is 0 Å². The van der Waals surface area contributed by atoms with Crippen molar-refractivity contribution in [3.63, 3.8) is 0 Å². The molecule has 0 fully saturated rings. The summed E-state index contributed by atoms with van der Waals surface area (Å²) in [6, 6.07) is 0. The SMILES string of the molecule is CC(=O)O.CCCC(O)CCC(C)C. The van der Waals surface area contributed by atoms with Crippen molar-refractivity contribution in [2.24, 2.45) is 5.92 Å². The molecule has 0 heterocycles. The van der Waals surface area contributed by atoms with Gasteiger partial charge in [0.15, 0.2) is 0 Å². The van der Waals surface area contributed by atoms with Gasteiger partial charge in [0.2, 0.25) is 0 Å². The fraction of sp³-hybridized carbons (Fsp3) is 0.909. The first-order chi connectivity index (χ1) is 6.40. The van der Waals surface area contributed by atoms with Crippen molar-refractivity contribution < 1.29 is 15.0 Å². The first-order valence-corrected chi connectivity index (χ1v) is 5.27. The largest absolute Gasteiger partial charge is 0.481 e. The minimum absolute atomic E-state index is 0.0487. The van der Waals surface area contributed by atoms with Gasteiger partial charge in [-0.1, -0.05) is 27.2 Å². The molecule has 3 nitrogen and oxygen atoms in total. The number of carboxylic acids is 1. The summed E-state index contributed by atoms with van der Waals surface area (Å²) in [6.07, 6.45) is 4.14. The Morgan fingerprint density at radius 2 is 1.64 bits per heavy atom. The molecule has 1 atom stereocenters. The molecule has 0 spiro atoms. The van der Waals surface area contributed by atoms with Gasteiger partial charge in [-0.05, 0) is 25.2 Å². The summed E-state index contributed by atoms with van der Waals surface area (Å²) in [5.74, 6) is -0.105. The quantitative estimate of drug-likeness (QED) is 0.724. The molecule has 0 rings (SSSR count). The number of aliphatic carboxylic acids is 1. The number of carboxylic acid groups (broad SMARTS) is 1. The van der Waals surface area contributed by atoms with E-state index in [2.05, 4.69) is 20.8 Å². The van der Waals surface area contributed by atoms with Gasteiger partial charge in [0.25, 0.3) is 5.97 Å². The third kappa shape index (κ3) is 22.5. The second-order valence-corrected chi connectivity index (χ2v) is 3.93. The Morgan fingerprint density at radius 3 is 1.93 bits per heavy atom. The predicted molar refractivity (Wildman–Crippen MR) is 58.3 cm³/mol. The molecule has 0 aliphatic carbocycles. The highest BCUT2D eigenvalue weighted by molar-refractivity contribution is 5.62. The maximum Gasteiger partial charge on any atom is 0.300 e. The summed E-state index contributed by atoms with van der Waals surface area (Å²) in [7, 11) is 0. The Morgan fingerprint density at radius 1 is 1.21 bits per heavy atom. The van der Waals surface area contributed by atoms with Crippen LogP contribution in [0.3, 0.4) is 0 Å². The lowest BCUT2D eigenvalue weighted by Gasteiger charge is -2.09. The van der Waals surface area contributed by atoms with Crippen LogP contribution in [0, 0.1) is 5.92 Å². The van der Waals surface area contributed by atoms with Gasteiger partial charge in [-0.15, -0.1) is 0 Å². The molecule has 0 aliphatic heterocycles. The second kappa shape index (κ2) is 10.5. The molecule has 0 saturated heterocycles. The molecule has 14 heavy (non-hydrogen) atoms. The van der Waals surface area contributed by atoms with E-state index in [1.54, 1.807) is 0 Å². The van der Waals surface area contributed by atoms with Gasteiger partial charge in [0, 0.05) is 6.92 Å². The number of carbonyl (C=O) groups is 1. The van der Waals surface area contributed by atoms with Crippen molar-refractivity contribution in [3.05, 3.63) is 0 Å². The van der Waals surface area contributed by atoms with Gasteiger partial charge >= 0.3 is 0 Å². The number of aliphatic hydroxyl groups excluding tert-OH is 1. The molecular formula is C11H24O3. The van der Waals surface area contributed by atoms with Crippen molar-refractivity contribution in [3.8, 4) is 0 Å². The monoisotopic (exact) mass is 204 g/mol. The first kappa shape index (κ1) is 15.9. The van der Waals surface area contributed by atoms with Crippen LogP contribution < -0.4 is 0 Å². The Balaban J connectivity index is 0. The molecule has 0 aliphatic rings. The summed E-state index contributed by atoms with van der Waals surface area (Å²) in [6.45, 7) is 7.58. The normalized spacial score (nSPS) is 11.9. The highest BCUT2D eigenvalue weighted by atomic mass is 16.4. The van der Waals surface area contributed by atoms with Crippen LogP contribution in [0.2, 0.25) is 0 Å². The Hall–Kier alpha value is -0.570. The summed E-state index contributed by atoms with van der Waals surface area (Å²) >= 11 is 0. The molecule has 0 amide bonds. The lowest BCUT2D eigenvalue weighted by atomic mass is 10.0. The van der Waals surface area contributed by atoms with E-state index in [9.17, 15) is 5.11 Å². The van der Waals surface area contributed by atoms with E-state index >= 15 is 0 Å². The van der Waals surface area contributed by atoms with Crippen LogP contribution in [0.4, 0.5) is 0 Å². The lowest BCUT2D eigenvalue weighted by molar-refractivity contribution is -0.134. The van der Waals surface area contributed by atoms with Gasteiger partial charge in [0.05, 0.1) is 6.10 Å². The number of hydrogen-bond acceptors (Lipinski definition) is 2. The fourth-order valence-electron chi connectivity index (χ4n) is 1.00. The molecule has 0 radical (unpaired) electrons. The smallest absolute Gasteiger partial charge is 0.300 e. The molecule has 0 bridgehead atoms. The summed E-state index contributed by atoms with van der Waals surface area (Å²) < 4.78 is 0. The fourth-order valence-corrected chi connectivity index (χ4v) is 1.00. The molecule has 2 N–H and O–H groups in total. The van der Waals surface area contributed by atoms with Crippen molar-refractivity contribution in [1.82, 2.24) is 0 Å². The Labute approximate surface area is 87.1 Å². The molecule has 0 aromatic rings. The van der Waals surface area contributed by atoms with E-state index in [4.69, 9.17) is 9.90 Å². The van der Waals surface area contributed by atoms with Crippen LogP contribution in [0.15, 0.2) is 0 Å². The molecule has 3 heteroatoms. The van der Waals surface area contributed by atoms with Crippen molar-refractivity contribution in [1.29, 1.82) is 0 Å². The van der Waals surface area contributed by atoms with Gasteiger partial charge in [0.1, 0.15) is 0 Å². The maximum atomic E-state index is 9.30. The van der Waals surface area contributed by atoms with Crippen molar-refractivity contribution >= 4 is 5.97 Å². The molecule has 1 unspecified atom stereocenters. The minimum Gasteiger partial charge on any atom is -0.481 e. The molecular weight excluding hydrogens is 180 g/mol. The van der Waals surface area contributed by atoms with Crippen molar-refractivity contribution in [2.45, 2.75) is 59.5 Å². The molecule has 86 valence electrons. The average molecular weight is 204 g/mol. The second-order valence-electron chi connectivity index (χ2n) is 3.93. The maximum absolute atomic E-state index is 9.30. The summed E-state index contributed by atoms with van der Waals surface area (Å²) in [5, 5.41) is 16.7. The number of aliphatic hydroxyl groups is 1. The lowest BCUT2D eigenvalue weighted by Crippen LogP contribution is -2.06. The molecule has 0 saturated carbocycles. The Bertz CT molecular complexity index is 128. The molecule has 0 aromatic carbocycles. The average Bonchev–Trinajstić information content (AvgIpc) is 2.00. The van der Waals surface area contributed by atoms with E-state index in [1.807, 2.05) is 0 Å². The number of rotatable bonds is 5. The summed E-state index contributed by atoms with van der Waals surface area (Å²) in [5.41, 5.74) is 0. The Kier molecular flexibility index (Phi) is 11.9. The van der Waals surface area contributed by atoms with Crippen LogP contribution in [0.1, 0.15) is 53.4 Å². The van der Waals surface area contributed by atoms with Crippen LogP contribution in [-0.2, 0) is 4.79 Å². The third-order valence-electron chi connectivity index (χ3n) is 1.70. The van der Waals surface area contributed by atoms with Crippen LogP contribution >= 0.6 is 0 Å². The van der Waals surface area contributed by atoms with E-state index in [0.717, 1.165) is 38.5 Å². The van der Waals surface area contributed by atoms with Gasteiger partial charge in [-0.2, -0.15) is 0 Å². The number of hydrogen-bond donors (Lipinski definition) is 2. The van der Waals surface area contributed by atoms with Crippen LogP contribution in [-0.4, -0.2) is 22.3 Å². The highest BCUT2D eigenvalue weighted by Gasteiger charge is 2.02. The van der Waals surface area contributed by atoms with E-state index in [-0.39, 0.29) is 6.10 Å². The topological polar surface area (TPSA) is 57.5 Å². The third-order valence-corrected chi connectivity index (χ3v) is 1.70. The van der Waals surface area contributed by atoms with Gasteiger partial charge in [-0.25, -0.2) is 0 Å². The minimum atomic E-state index is -0.833. The van der Waals surface area contributed by atoms with E-state index < -0.39 is 5.97 Å². The van der Waals surface area contributed by atoms with Gasteiger partial charge < -0.3 is 10.2 Å². The van der Waals surface area contributed by atoms with E-state index in [1.165, 1.54) is 0 Å². The standard InChI is InChI=1S/C9H20O.C2H4O2/c1-4-5-9(10)7-6-8(2)3;1-2(3)4/h8-10H,4-7H2,1-3H3;1H3,(H,3,4). The summed E-state index contributed by atoms with van der Waals surface area (Å²) in [4.78, 5) is 9.00. The predicted octanol–water partition coefficient (Wildman–Crippen LogP) is 2.67. The first-order valence-electron chi connectivity index (χ1n) is 5.27.